The van der Waals surface area contributed by atoms with Crippen LogP contribution in [-0.4, -0.2) is 11.8 Å². The van der Waals surface area contributed by atoms with Gasteiger partial charge in [0.25, 0.3) is 11.8 Å². The van der Waals surface area contributed by atoms with Gasteiger partial charge < -0.3 is 10.6 Å². The number of hydrogen-bond donors (Lipinski definition) is 2. The minimum Gasteiger partial charge on any atom is -0.322 e. The number of aryl methyl sites for hydroxylation is 1. The number of carbonyl (C=O) groups excluding carboxylic acids is 2. The van der Waals surface area contributed by atoms with Crippen molar-refractivity contribution in [1.29, 1.82) is 0 Å². The first kappa shape index (κ1) is 17.7. The molecule has 0 saturated heterocycles. The highest BCUT2D eigenvalue weighted by Gasteiger charge is 2.12. The monoisotopic (exact) mass is 364 g/mol. The topological polar surface area (TPSA) is 58.2 Å². The van der Waals surface area contributed by atoms with Crippen LogP contribution in [-0.2, 0) is 0 Å². The summed E-state index contributed by atoms with van der Waals surface area (Å²) >= 11 is 6.08. The number of amides is 2. The lowest BCUT2D eigenvalue weighted by Gasteiger charge is -2.12. The van der Waals surface area contributed by atoms with Gasteiger partial charge in [-0.3, -0.25) is 9.59 Å². The van der Waals surface area contributed by atoms with Crippen molar-refractivity contribution in [3.63, 3.8) is 0 Å². The van der Waals surface area contributed by atoms with E-state index in [2.05, 4.69) is 10.6 Å². The van der Waals surface area contributed by atoms with Crippen molar-refractivity contribution in [3.8, 4) is 0 Å². The van der Waals surface area contributed by atoms with Crippen molar-refractivity contribution in [2.75, 3.05) is 10.6 Å². The van der Waals surface area contributed by atoms with Crippen molar-refractivity contribution < 1.29 is 9.59 Å². The van der Waals surface area contributed by atoms with Gasteiger partial charge >= 0.3 is 0 Å². The SMILES string of the molecule is Cc1ccc(C(=O)Nc2ccccc2Cl)cc1NC(=O)c1ccccc1. The second-order valence-corrected chi connectivity index (χ2v) is 6.19. The Bertz CT molecular complexity index is 955. The first-order chi connectivity index (χ1) is 12.5. The fraction of sp³-hybridized carbons (Fsp3) is 0.0476. The minimum absolute atomic E-state index is 0.225. The molecule has 2 N–H and O–H groups in total. The zero-order valence-electron chi connectivity index (χ0n) is 14.1. The van der Waals surface area contributed by atoms with Crippen LogP contribution in [0.1, 0.15) is 26.3 Å². The van der Waals surface area contributed by atoms with Crippen LogP contribution in [0.25, 0.3) is 0 Å². The Balaban J connectivity index is 1.80. The lowest BCUT2D eigenvalue weighted by Crippen LogP contribution is -2.15. The molecule has 0 radical (unpaired) electrons. The Hall–Kier alpha value is -3.11. The van der Waals surface area contributed by atoms with E-state index >= 15 is 0 Å². The van der Waals surface area contributed by atoms with E-state index in [1.165, 1.54) is 0 Å². The zero-order chi connectivity index (χ0) is 18.5. The van der Waals surface area contributed by atoms with E-state index in [4.69, 9.17) is 11.6 Å². The van der Waals surface area contributed by atoms with Crippen LogP contribution in [0.2, 0.25) is 5.02 Å². The molecule has 0 spiro atoms. The van der Waals surface area contributed by atoms with Crippen LogP contribution in [0.5, 0.6) is 0 Å². The third kappa shape index (κ3) is 4.10. The van der Waals surface area contributed by atoms with Gasteiger partial charge in [-0.05, 0) is 48.9 Å². The fourth-order valence-corrected chi connectivity index (χ4v) is 2.62. The standard InChI is InChI=1S/C21H17ClN2O2/c1-14-11-12-16(21(26)23-18-10-6-5-9-17(18)22)13-19(14)24-20(25)15-7-3-2-4-8-15/h2-13H,1H3,(H,23,26)(H,24,25). The minimum atomic E-state index is -0.298. The van der Waals surface area contributed by atoms with Crippen molar-refractivity contribution in [2.45, 2.75) is 6.92 Å². The maximum absolute atomic E-state index is 12.5. The third-order valence-corrected chi connectivity index (χ3v) is 4.24. The summed E-state index contributed by atoms with van der Waals surface area (Å²) in [4.78, 5) is 24.9. The van der Waals surface area contributed by atoms with Gasteiger partial charge in [-0.15, -0.1) is 0 Å². The van der Waals surface area contributed by atoms with Crippen LogP contribution in [0.4, 0.5) is 11.4 Å². The average Bonchev–Trinajstić information content (AvgIpc) is 2.66. The molecule has 0 aliphatic rings. The summed E-state index contributed by atoms with van der Waals surface area (Å²) < 4.78 is 0. The van der Waals surface area contributed by atoms with Crippen LogP contribution in [0.3, 0.4) is 0 Å². The van der Waals surface area contributed by atoms with E-state index in [9.17, 15) is 9.59 Å². The number of carbonyl (C=O) groups is 2. The summed E-state index contributed by atoms with van der Waals surface area (Å²) in [5.74, 6) is -0.523. The second-order valence-electron chi connectivity index (χ2n) is 5.78. The molecule has 3 aromatic carbocycles. The molecule has 0 bridgehead atoms. The van der Waals surface area contributed by atoms with Gasteiger partial charge in [0.2, 0.25) is 0 Å². The van der Waals surface area contributed by atoms with Gasteiger partial charge in [0.05, 0.1) is 10.7 Å². The summed E-state index contributed by atoms with van der Waals surface area (Å²) in [6.45, 7) is 1.87. The average molecular weight is 365 g/mol. The summed E-state index contributed by atoms with van der Waals surface area (Å²) in [7, 11) is 0. The van der Waals surface area contributed by atoms with Crippen LogP contribution >= 0.6 is 11.6 Å². The van der Waals surface area contributed by atoms with E-state index in [-0.39, 0.29) is 11.8 Å². The summed E-state index contributed by atoms with van der Waals surface area (Å²) in [6.07, 6.45) is 0. The first-order valence-electron chi connectivity index (χ1n) is 8.07. The molecule has 0 aromatic heterocycles. The third-order valence-electron chi connectivity index (χ3n) is 3.91. The number of benzene rings is 3. The lowest BCUT2D eigenvalue weighted by molar-refractivity contribution is 0.101. The van der Waals surface area contributed by atoms with Gasteiger partial charge in [-0.1, -0.05) is 48.0 Å². The number of rotatable bonds is 4. The normalized spacial score (nSPS) is 10.2. The van der Waals surface area contributed by atoms with E-state index in [1.807, 2.05) is 13.0 Å². The van der Waals surface area contributed by atoms with Crippen molar-refractivity contribution in [2.24, 2.45) is 0 Å². The Morgan fingerprint density at radius 2 is 1.35 bits per heavy atom. The smallest absolute Gasteiger partial charge is 0.255 e. The number of anilines is 2. The largest absolute Gasteiger partial charge is 0.322 e. The van der Waals surface area contributed by atoms with E-state index in [0.29, 0.717) is 27.5 Å². The maximum atomic E-state index is 12.5. The molecule has 4 nitrogen and oxygen atoms in total. The predicted molar refractivity (Wildman–Crippen MR) is 105 cm³/mol. The number of para-hydroxylation sites is 1. The molecule has 26 heavy (non-hydrogen) atoms. The van der Waals surface area contributed by atoms with Crippen LogP contribution in [0, 0.1) is 6.92 Å². The highest BCUT2D eigenvalue weighted by molar-refractivity contribution is 6.33. The summed E-state index contributed by atoms with van der Waals surface area (Å²) in [5.41, 5.74) is 2.97. The molecule has 2 amide bonds. The maximum Gasteiger partial charge on any atom is 0.255 e. The molecule has 130 valence electrons. The zero-order valence-corrected chi connectivity index (χ0v) is 14.9. The highest BCUT2D eigenvalue weighted by Crippen LogP contribution is 2.23. The number of halogens is 1. The Morgan fingerprint density at radius 3 is 2.08 bits per heavy atom. The van der Waals surface area contributed by atoms with Crippen molar-refractivity contribution in [3.05, 3.63) is 94.5 Å². The molecule has 0 heterocycles. The van der Waals surface area contributed by atoms with Gasteiger partial charge in [0.1, 0.15) is 0 Å². The molecule has 3 aromatic rings. The lowest BCUT2D eigenvalue weighted by atomic mass is 10.1. The second kappa shape index (κ2) is 7.85. The van der Waals surface area contributed by atoms with Crippen molar-refractivity contribution in [1.82, 2.24) is 0 Å². The van der Waals surface area contributed by atoms with E-state index in [0.717, 1.165) is 5.56 Å². The Kier molecular flexibility index (Phi) is 5.34. The van der Waals surface area contributed by atoms with Gasteiger partial charge in [0, 0.05) is 16.8 Å². The van der Waals surface area contributed by atoms with Crippen molar-refractivity contribution >= 4 is 34.8 Å². The molecular weight excluding hydrogens is 348 g/mol. The number of hydrogen-bond acceptors (Lipinski definition) is 2. The summed E-state index contributed by atoms with van der Waals surface area (Å²) in [5, 5.41) is 6.09. The molecule has 5 heteroatoms. The molecule has 0 aliphatic carbocycles. The van der Waals surface area contributed by atoms with Gasteiger partial charge in [-0.25, -0.2) is 0 Å². The Morgan fingerprint density at radius 1 is 0.731 bits per heavy atom. The molecule has 0 atom stereocenters. The van der Waals surface area contributed by atoms with Crippen LogP contribution < -0.4 is 10.6 Å². The molecule has 0 saturated carbocycles. The molecule has 0 unspecified atom stereocenters. The van der Waals surface area contributed by atoms with Gasteiger partial charge in [-0.2, -0.15) is 0 Å². The Labute approximate surface area is 156 Å². The predicted octanol–water partition coefficient (Wildman–Crippen LogP) is 5.15. The first-order valence-corrected chi connectivity index (χ1v) is 8.45. The fourth-order valence-electron chi connectivity index (χ4n) is 2.44. The molecule has 0 aliphatic heterocycles. The quantitative estimate of drug-likeness (QED) is 0.672. The van der Waals surface area contributed by atoms with E-state index in [1.54, 1.807) is 66.7 Å². The molecule has 0 fully saturated rings. The van der Waals surface area contributed by atoms with Gasteiger partial charge in [0.15, 0.2) is 0 Å². The molecular formula is C21H17ClN2O2. The van der Waals surface area contributed by atoms with Crippen LogP contribution in [0.15, 0.2) is 72.8 Å². The van der Waals surface area contributed by atoms with E-state index < -0.39 is 0 Å². The molecule has 3 rings (SSSR count). The highest BCUT2D eigenvalue weighted by atomic mass is 35.5. The number of nitrogens with one attached hydrogen (secondary N) is 2. The summed E-state index contributed by atoms with van der Waals surface area (Å²) in [6, 6.07) is 21.1.